The lowest BCUT2D eigenvalue weighted by molar-refractivity contribution is -0.142. The average Bonchev–Trinajstić information content (AvgIpc) is 2.71. The van der Waals surface area contributed by atoms with E-state index in [4.69, 9.17) is 14.7 Å². The molecule has 0 spiro atoms. The SMILES string of the molecule is C=CCOc1ccc(/C=C/C(=O)OCC(=O)Nc2ccc(CC#N)cc2)cc1. The fourth-order valence-electron chi connectivity index (χ4n) is 2.17. The first kappa shape index (κ1) is 20.5. The second kappa shape index (κ2) is 11.0. The number of nitrogens with one attached hydrogen (secondary N) is 1. The van der Waals surface area contributed by atoms with Gasteiger partial charge in [0.1, 0.15) is 12.4 Å². The summed E-state index contributed by atoms with van der Waals surface area (Å²) in [5.74, 6) is -0.359. The zero-order valence-electron chi connectivity index (χ0n) is 15.3. The Morgan fingerprint density at radius 3 is 2.46 bits per heavy atom. The van der Waals surface area contributed by atoms with Crippen LogP contribution in [0.15, 0.2) is 67.3 Å². The predicted octanol–water partition coefficient (Wildman–Crippen LogP) is 3.51. The predicted molar refractivity (Wildman–Crippen MR) is 107 cm³/mol. The van der Waals surface area contributed by atoms with Crippen LogP contribution < -0.4 is 10.1 Å². The highest BCUT2D eigenvalue weighted by molar-refractivity contribution is 5.94. The summed E-state index contributed by atoms with van der Waals surface area (Å²) < 4.78 is 10.3. The number of carbonyl (C=O) groups is 2. The number of amides is 1. The molecule has 0 unspecified atom stereocenters. The zero-order valence-corrected chi connectivity index (χ0v) is 15.3. The third-order valence-electron chi connectivity index (χ3n) is 3.53. The molecule has 2 aromatic rings. The number of esters is 1. The molecule has 1 amide bonds. The maximum Gasteiger partial charge on any atom is 0.331 e. The van der Waals surface area contributed by atoms with Gasteiger partial charge in [0.15, 0.2) is 6.61 Å². The van der Waals surface area contributed by atoms with Gasteiger partial charge in [-0.05, 0) is 41.5 Å². The number of rotatable bonds is 9. The number of ether oxygens (including phenoxy) is 2. The van der Waals surface area contributed by atoms with Crippen LogP contribution in [-0.2, 0) is 20.7 Å². The minimum absolute atomic E-state index is 0.308. The number of nitrogens with zero attached hydrogens (tertiary/aromatic N) is 1. The Morgan fingerprint density at radius 2 is 1.82 bits per heavy atom. The highest BCUT2D eigenvalue weighted by Crippen LogP contribution is 2.13. The third-order valence-corrected chi connectivity index (χ3v) is 3.53. The number of benzene rings is 2. The summed E-state index contributed by atoms with van der Waals surface area (Å²) in [5, 5.41) is 11.3. The molecule has 0 radical (unpaired) electrons. The largest absolute Gasteiger partial charge is 0.490 e. The summed E-state index contributed by atoms with van der Waals surface area (Å²) in [6, 6.07) is 16.1. The topological polar surface area (TPSA) is 88.4 Å². The molecule has 6 nitrogen and oxygen atoms in total. The van der Waals surface area contributed by atoms with Crippen molar-refractivity contribution in [3.05, 3.63) is 78.4 Å². The van der Waals surface area contributed by atoms with Crippen molar-refractivity contribution in [1.29, 1.82) is 5.26 Å². The first-order valence-corrected chi connectivity index (χ1v) is 8.55. The third kappa shape index (κ3) is 7.18. The highest BCUT2D eigenvalue weighted by atomic mass is 16.5. The lowest BCUT2D eigenvalue weighted by Crippen LogP contribution is -2.20. The van der Waals surface area contributed by atoms with E-state index in [0.29, 0.717) is 24.5 Å². The summed E-state index contributed by atoms with van der Waals surface area (Å²) in [6.07, 6.45) is 4.81. The Labute approximate surface area is 163 Å². The van der Waals surface area contributed by atoms with E-state index in [0.717, 1.165) is 11.1 Å². The molecule has 0 aliphatic carbocycles. The van der Waals surface area contributed by atoms with Crippen molar-refractivity contribution < 1.29 is 19.1 Å². The summed E-state index contributed by atoms with van der Waals surface area (Å²) in [5.41, 5.74) is 2.22. The Hall–Kier alpha value is -3.85. The van der Waals surface area contributed by atoms with Crippen LogP contribution in [0, 0.1) is 11.3 Å². The van der Waals surface area contributed by atoms with Gasteiger partial charge in [-0.1, -0.05) is 36.9 Å². The Balaban J connectivity index is 1.76. The number of nitriles is 1. The van der Waals surface area contributed by atoms with E-state index >= 15 is 0 Å². The van der Waals surface area contributed by atoms with Gasteiger partial charge in [-0.25, -0.2) is 4.79 Å². The van der Waals surface area contributed by atoms with Gasteiger partial charge in [0.2, 0.25) is 0 Å². The molecular formula is C22H20N2O4. The molecule has 0 aromatic heterocycles. The van der Waals surface area contributed by atoms with Crippen molar-refractivity contribution in [2.24, 2.45) is 0 Å². The average molecular weight is 376 g/mol. The Morgan fingerprint density at radius 1 is 1.11 bits per heavy atom. The van der Waals surface area contributed by atoms with Gasteiger partial charge in [-0.2, -0.15) is 5.26 Å². The van der Waals surface area contributed by atoms with Crippen LogP contribution in [0.2, 0.25) is 0 Å². The van der Waals surface area contributed by atoms with Gasteiger partial charge >= 0.3 is 5.97 Å². The van der Waals surface area contributed by atoms with Crippen LogP contribution in [0.5, 0.6) is 5.75 Å². The van der Waals surface area contributed by atoms with E-state index < -0.39 is 18.5 Å². The first-order valence-electron chi connectivity index (χ1n) is 8.55. The molecule has 0 bridgehead atoms. The van der Waals surface area contributed by atoms with Crippen molar-refractivity contribution in [1.82, 2.24) is 0 Å². The summed E-state index contributed by atoms with van der Waals surface area (Å²) >= 11 is 0. The maximum atomic E-state index is 11.8. The molecule has 142 valence electrons. The number of carbonyl (C=O) groups excluding carboxylic acids is 2. The molecule has 0 saturated carbocycles. The molecule has 0 aliphatic rings. The van der Waals surface area contributed by atoms with E-state index in [2.05, 4.69) is 18.0 Å². The second-order valence-corrected chi connectivity index (χ2v) is 5.69. The molecule has 28 heavy (non-hydrogen) atoms. The molecule has 1 N–H and O–H groups in total. The van der Waals surface area contributed by atoms with Crippen LogP contribution in [0.3, 0.4) is 0 Å². The van der Waals surface area contributed by atoms with Crippen LogP contribution in [0.4, 0.5) is 5.69 Å². The second-order valence-electron chi connectivity index (χ2n) is 5.69. The van der Waals surface area contributed by atoms with Crippen molar-refractivity contribution in [2.75, 3.05) is 18.5 Å². The van der Waals surface area contributed by atoms with E-state index in [1.165, 1.54) is 6.08 Å². The molecule has 0 aliphatic heterocycles. The van der Waals surface area contributed by atoms with Gasteiger partial charge in [0.25, 0.3) is 5.91 Å². The normalized spacial score (nSPS) is 10.1. The van der Waals surface area contributed by atoms with Crippen molar-refractivity contribution in [2.45, 2.75) is 6.42 Å². The number of hydrogen-bond donors (Lipinski definition) is 1. The molecule has 0 atom stereocenters. The monoisotopic (exact) mass is 376 g/mol. The maximum absolute atomic E-state index is 11.8. The quantitative estimate of drug-likeness (QED) is 0.411. The molecule has 2 aromatic carbocycles. The Bertz CT molecular complexity index is 878. The zero-order chi connectivity index (χ0) is 20.2. The van der Waals surface area contributed by atoms with Crippen LogP contribution in [-0.4, -0.2) is 25.1 Å². The number of anilines is 1. The van der Waals surface area contributed by atoms with Crippen LogP contribution in [0.1, 0.15) is 11.1 Å². The first-order chi connectivity index (χ1) is 13.6. The van der Waals surface area contributed by atoms with Gasteiger partial charge in [0, 0.05) is 11.8 Å². The molecule has 0 saturated heterocycles. The molecule has 0 fully saturated rings. The molecule has 0 heterocycles. The van der Waals surface area contributed by atoms with Crippen molar-refractivity contribution in [3.63, 3.8) is 0 Å². The van der Waals surface area contributed by atoms with E-state index in [1.54, 1.807) is 60.7 Å². The summed E-state index contributed by atoms with van der Waals surface area (Å²) in [7, 11) is 0. The molecule has 2 rings (SSSR count). The van der Waals surface area contributed by atoms with Gasteiger partial charge < -0.3 is 14.8 Å². The fourth-order valence-corrected chi connectivity index (χ4v) is 2.17. The van der Waals surface area contributed by atoms with Crippen molar-refractivity contribution >= 4 is 23.6 Å². The fraction of sp³-hybridized carbons (Fsp3) is 0.136. The van der Waals surface area contributed by atoms with Crippen molar-refractivity contribution in [3.8, 4) is 11.8 Å². The summed E-state index contributed by atoms with van der Waals surface area (Å²) in [4.78, 5) is 23.6. The van der Waals surface area contributed by atoms with Crippen LogP contribution in [0.25, 0.3) is 6.08 Å². The molecule has 6 heteroatoms. The van der Waals surface area contributed by atoms with Gasteiger partial charge in [-0.3, -0.25) is 4.79 Å². The van der Waals surface area contributed by atoms with Crippen LogP contribution >= 0.6 is 0 Å². The lowest BCUT2D eigenvalue weighted by Gasteiger charge is -2.06. The van der Waals surface area contributed by atoms with E-state index in [1.807, 2.05) is 0 Å². The summed E-state index contributed by atoms with van der Waals surface area (Å²) in [6.45, 7) is 3.61. The minimum Gasteiger partial charge on any atom is -0.490 e. The lowest BCUT2D eigenvalue weighted by atomic mass is 10.1. The van der Waals surface area contributed by atoms with Gasteiger partial charge in [-0.15, -0.1) is 0 Å². The Kier molecular flexibility index (Phi) is 8.03. The van der Waals surface area contributed by atoms with Gasteiger partial charge in [0.05, 0.1) is 12.5 Å². The molecular weight excluding hydrogens is 356 g/mol. The highest BCUT2D eigenvalue weighted by Gasteiger charge is 2.06. The standard InChI is InChI=1S/C22H20N2O4/c1-2-15-27-20-10-5-17(6-11-20)7-12-22(26)28-16-21(25)24-19-8-3-18(4-9-19)13-14-23/h2-12H,1,13,15-16H2,(H,24,25)/b12-7+. The minimum atomic E-state index is -0.619. The van der Waals surface area contributed by atoms with E-state index in [9.17, 15) is 9.59 Å². The number of hydrogen-bond acceptors (Lipinski definition) is 5. The smallest absolute Gasteiger partial charge is 0.331 e. The van der Waals surface area contributed by atoms with E-state index in [-0.39, 0.29) is 0 Å².